The molecular formula is C11H16BrN3. The Bertz CT molecular complexity index is 312. The molecule has 0 unspecified atom stereocenters. The fourth-order valence-corrected chi connectivity index (χ4v) is 2.13. The summed E-state index contributed by atoms with van der Waals surface area (Å²) in [7, 11) is 0. The molecule has 0 bridgehead atoms. The number of rotatable bonds is 2. The van der Waals surface area contributed by atoms with Crippen LogP contribution >= 0.6 is 15.9 Å². The van der Waals surface area contributed by atoms with Crippen LogP contribution in [0.5, 0.6) is 0 Å². The van der Waals surface area contributed by atoms with Crippen LogP contribution < -0.4 is 10.6 Å². The summed E-state index contributed by atoms with van der Waals surface area (Å²) in [5, 5.41) is 6.93. The van der Waals surface area contributed by atoms with Crippen LogP contribution in [0.15, 0.2) is 22.8 Å². The maximum Gasteiger partial charge on any atom is 0.126 e. The summed E-state index contributed by atoms with van der Waals surface area (Å²) in [4.78, 5) is 4.32. The first-order valence-corrected chi connectivity index (χ1v) is 6.16. The van der Waals surface area contributed by atoms with Crippen LogP contribution in [-0.4, -0.2) is 23.6 Å². The first kappa shape index (κ1) is 10.9. The van der Waals surface area contributed by atoms with Crippen molar-refractivity contribution in [1.82, 2.24) is 10.3 Å². The molecule has 0 spiro atoms. The minimum atomic E-state index is 0.493. The Kier molecular flexibility index (Phi) is 3.59. The maximum absolute atomic E-state index is 4.32. The topological polar surface area (TPSA) is 37.0 Å². The van der Waals surface area contributed by atoms with Gasteiger partial charge >= 0.3 is 0 Å². The zero-order valence-corrected chi connectivity index (χ0v) is 10.4. The second kappa shape index (κ2) is 4.94. The normalized spacial score (nSPS) is 26.3. The maximum atomic E-state index is 4.32. The van der Waals surface area contributed by atoms with Gasteiger partial charge in [-0.2, -0.15) is 0 Å². The van der Waals surface area contributed by atoms with Crippen molar-refractivity contribution in [2.75, 3.05) is 11.9 Å². The molecule has 0 saturated carbocycles. The van der Waals surface area contributed by atoms with E-state index < -0.39 is 0 Å². The fourth-order valence-electron chi connectivity index (χ4n) is 1.89. The van der Waals surface area contributed by atoms with E-state index in [4.69, 9.17) is 0 Å². The van der Waals surface area contributed by atoms with Crippen LogP contribution in [0.25, 0.3) is 0 Å². The van der Waals surface area contributed by atoms with E-state index >= 15 is 0 Å². The molecule has 1 aliphatic heterocycles. The quantitative estimate of drug-likeness (QED) is 0.866. The van der Waals surface area contributed by atoms with Gasteiger partial charge < -0.3 is 10.6 Å². The van der Waals surface area contributed by atoms with Crippen molar-refractivity contribution in [2.24, 2.45) is 0 Å². The smallest absolute Gasteiger partial charge is 0.126 e. The number of hydrogen-bond acceptors (Lipinski definition) is 3. The number of halogens is 1. The first-order chi connectivity index (χ1) is 7.25. The second-order valence-electron chi connectivity index (χ2n) is 4.00. The third-order valence-electron chi connectivity index (χ3n) is 2.82. The molecule has 82 valence electrons. The molecule has 4 heteroatoms. The van der Waals surface area contributed by atoms with Crippen molar-refractivity contribution >= 4 is 21.7 Å². The van der Waals surface area contributed by atoms with E-state index in [0.717, 1.165) is 16.8 Å². The summed E-state index contributed by atoms with van der Waals surface area (Å²) in [6.45, 7) is 3.35. The molecule has 1 aromatic heterocycles. The Hall–Kier alpha value is -0.610. The fraction of sp³-hybridized carbons (Fsp3) is 0.545. The van der Waals surface area contributed by atoms with Gasteiger partial charge in [0.25, 0.3) is 0 Å². The Balaban J connectivity index is 1.98. The average molecular weight is 270 g/mol. The van der Waals surface area contributed by atoms with Gasteiger partial charge in [-0.05, 0) is 54.4 Å². The lowest BCUT2D eigenvalue weighted by atomic mass is 10.00. The van der Waals surface area contributed by atoms with E-state index in [1.165, 1.54) is 12.8 Å². The molecule has 2 N–H and O–H groups in total. The number of aromatic nitrogens is 1. The van der Waals surface area contributed by atoms with Crippen molar-refractivity contribution in [3.63, 3.8) is 0 Å². The third-order valence-corrected chi connectivity index (χ3v) is 3.29. The van der Waals surface area contributed by atoms with Gasteiger partial charge in [-0.1, -0.05) is 0 Å². The molecule has 1 aromatic rings. The van der Waals surface area contributed by atoms with E-state index in [1.807, 2.05) is 18.3 Å². The van der Waals surface area contributed by atoms with Crippen molar-refractivity contribution in [2.45, 2.75) is 31.8 Å². The highest BCUT2D eigenvalue weighted by Crippen LogP contribution is 2.16. The number of nitrogens with one attached hydrogen (secondary N) is 2. The van der Waals surface area contributed by atoms with Crippen LogP contribution in [0, 0.1) is 0 Å². The minimum absolute atomic E-state index is 0.493. The lowest BCUT2D eigenvalue weighted by Crippen LogP contribution is -2.46. The zero-order valence-electron chi connectivity index (χ0n) is 8.83. The molecule has 3 nitrogen and oxygen atoms in total. The predicted octanol–water partition coefficient (Wildman–Crippen LogP) is 2.40. The van der Waals surface area contributed by atoms with Gasteiger partial charge in [0, 0.05) is 22.8 Å². The highest BCUT2D eigenvalue weighted by Gasteiger charge is 2.20. The highest BCUT2D eigenvalue weighted by molar-refractivity contribution is 9.10. The van der Waals surface area contributed by atoms with Crippen LogP contribution in [0.3, 0.4) is 0 Å². The molecule has 1 aliphatic rings. The largest absolute Gasteiger partial charge is 0.366 e. The van der Waals surface area contributed by atoms with E-state index in [0.29, 0.717) is 12.1 Å². The van der Waals surface area contributed by atoms with E-state index in [1.54, 1.807) is 0 Å². The summed E-state index contributed by atoms with van der Waals surface area (Å²) in [5.41, 5.74) is 0. The molecule has 1 saturated heterocycles. The number of nitrogens with zero attached hydrogens (tertiary/aromatic N) is 1. The molecule has 2 heterocycles. The Labute approximate surface area is 98.8 Å². The summed E-state index contributed by atoms with van der Waals surface area (Å²) in [6, 6.07) is 5.03. The molecule has 0 amide bonds. The van der Waals surface area contributed by atoms with Crippen LogP contribution in [0.4, 0.5) is 5.82 Å². The standard InChI is InChI=1S/C11H16BrN3/c1-8-10(3-2-6-13-8)15-11-5-4-9(12)7-14-11/h4-5,7-8,10,13H,2-3,6H2,1H3,(H,14,15)/t8-,10+/m1/s1. The lowest BCUT2D eigenvalue weighted by molar-refractivity contribution is 0.389. The van der Waals surface area contributed by atoms with Crippen LogP contribution in [0.1, 0.15) is 19.8 Å². The first-order valence-electron chi connectivity index (χ1n) is 5.37. The van der Waals surface area contributed by atoms with Gasteiger partial charge in [0.05, 0.1) is 0 Å². The number of pyridine rings is 1. The van der Waals surface area contributed by atoms with Crippen molar-refractivity contribution in [1.29, 1.82) is 0 Å². The summed E-state index contributed by atoms with van der Waals surface area (Å²) >= 11 is 3.38. The monoisotopic (exact) mass is 269 g/mol. The molecular weight excluding hydrogens is 254 g/mol. The zero-order chi connectivity index (χ0) is 10.7. The number of anilines is 1. The van der Waals surface area contributed by atoms with Gasteiger partial charge in [0.2, 0.25) is 0 Å². The molecule has 2 atom stereocenters. The SMILES string of the molecule is C[C@H]1NCCC[C@@H]1Nc1ccc(Br)cn1. The highest BCUT2D eigenvalue weighted by atomic mass is 79.9. The van der Waals surface area contributed by atoms with Gasteiger partial charge in [-0.3, -0.25) is 0 Å². The molecule has 2 rings (SSSR count). The number of hydrogen-bond donors (Lipinski definition) is 2. The Morgan fingerprint density at radius 3 is 3.07 bits per heavy atom. The second-order valence-corrected chi connectivity index (χ2v) is 4.91. The number of piperidine rings is 1. The molecule has 0 aliphatic carbocycles. The molecule has 15 heavy (non-hydrogen) atoms. The van der Waals surface area contributed by atoms with E-state index in [-0.39, 0.29) is 0 Å². The van der Waals surface area contributed by atoms with Gasteiger partial charge in [-0.25, -0.2) is 4.98 Å². The van der Waals surface area contributed by atoms with Gasteiger partial charge in [-0.15, -0.1) is 0 Å². The van der Waals surface area contributed by atoms with Crippen LogP contribution in [-0.2, 0) is 0 Å². The Morgan fingerprint density at radius 2 is 2.40 bits per heavy atom. The molecule has 0 radical (unpaired) electrons. The van der Waals surface area contributed by atoms with Gasteiger partial charge in [0.15, 0.2) is 0 Å². The molecule has 1 fully saturated rings. The summed E-state index contributed by atoms with van der Waals surface area (Å²) in [6.07, 6.45) is 4.27. The van der Waals surface area contributed by atoms with Crippen molar-refractivity contribution in [3.8, 4) is 0 Å². The van der Waals surface area contributed by atoms with E-state index in [2.05, 4.69) is 38.5 Å². The summed E-state index contributed by atoms with van der Waals surface area (Å²) < 4.78 is 1.02. The Morgan fingerprint density at radius 1 is 1.53 bits per heavy atom. The minimum Gasteiger partial charge on any atom is -0.366 e. The lowest BCUT2D eigenvalue weighted by Gasteiger charge is -2.31. The summed E-state index contributed by atoms with van der Waals surface area (Å²) in [5.74, 6) is 0.957. The molecule has 0 aromatic carbocycles. The van der Waals surface area contributed by atoms with Gasteiger partial charge in [0.1, 0.15) is 5.82 Å². The average Bonchev–Trinajstić information content (AvgIpc) is 2.25. The van der Waals surface area contributed by atoms with E-state index in [9.17, 15) is 0 Å². The van der Waals surface area contributed by atoms with Crippen LogP contribution in [0.2, 0.25) is 0 Å². The van der Waals surface area contributed by atoms with Crippen molar-refractivity contribution < 1.29 is 0 Å². The predicted molar refractivity (Wildman–Crippen MR) is 66.0 cm³/mol. The third kappa shape index (κ3) is 2.92. The van der Waals surface area contributed by atoms with Crippen molar-refractivity contribution in [3.05, 3.63) is 22.8 Å².